The molecule has 3 aliphatic rings. The van der Waals surface area contributed by atoms with Gasteiger partial charge in [-0.05, 0) is 10.8 Å². The lowest BCUT2D eigenvalue weighted by atomic mass is 9.89. The Balaban J connectivity index is 1.74. The molecule has 0 bridgehead atoms. The smallest absolute Gasteiger partial charge is 0.0905 e. The minimum absolute atomic E-state index is 0.403. The largest absolute Gasteiger partial charge is 0.299 e. The van der Waals surface area contributed by atoms with E-state index >= 15 is 0 Å². The molecule has 17 heavy (non-hydrogen) atoms. The fraction of sp³-hybridized carbons (Fsp3) is 1.00. The van der Waals surface area contributed by atoms with Crippen molar-refractivity contribution in [3.8, 4) is 0 Å². The molecule has 0 radical (unpaired) electrons. The molecule has 0 amide bonds. The van der Waals surface area contributed by atoms with Crippen molar-refractivity contribution in [1.29, 1.82) is 0 Å². The van der Waals surface area contributed by atoms with Gasteiger partial charge in [0.1, 0.15) is 0 Å². The van der Waals surface area contributed by atoms with Crippen molar-refractivity contribution in [2.24, 2.45) is 10.8 Å². The Morgan fingerprint density at radius 2 is 1.24 bits per heavy atom. The summed E-state index contributed by atoms with van der Waals surface area (Å²) in [6.07, 6.45) is 1.03. The molecule has 4 nitrogen and oxygen atoms in total. The van der Waals surface area contributed by atoms with Crippen LogP contribution in [0.3, 0.4) is 0 Å². The molecule has 0 aromatic heterocycles. The van der Waals surface area contributed by atoms with Gasteiger partial charge in [0.15, 0.2) is 0 Å². The number of hydrogen-bond acceptors (Lipinski definition) is 4. The Labute approximate surface area is 105 Å². The first-order valence-corrected chi connectivity index (χ1v) is 6.81. The van der Waals surface area contributed by atoms with Gasteiger partial charge in [0.05, 0.1) is 19.0 Å². The van der Waals surface area contributed by atoms with Crippen molar-refractivity contribution in [3.63, 3.8) is 0 Å². The molecular weight excluding hydrogens is 212 g/mol. The average Bonchev–Trinajstić information content (AvgIpc) is 2.49. The summed E-state index contributed by atoms with van der Waals surface area (Å²) in [5.41, 5.74) is 0.807. The molecule has 0 unspecified atom stereocenters. The molecule has 3 rings (SSSR count). The Morgan fingerprint density at radius 1 is 0.824 bits per heavy atom. The number of hydrogen-bond donors (Lipinski definition) is 2. The Morgan fingerprint density at radius 3 is 1.65 bits per heavy atom. The highest BCUT2D eigenvalue weighted by molar-refractivity contribution is 5.00. The molecule has 0 aromatic carbocycles. The third kappa shape index (κ3) is 2.12. The van der Waals surface area contributed by atoms with Crippen molar-refractivity contribution in [2.75, 3.05) is 32.8 Å². The molecule has 3 aliphatic heterocycles. The van der Waals surface area contributed by atoms with Crippen LogP contribution in [0.15, 0.2) is 0 Å². The summed E-state index contributed by atoms with van der Waals surface area (Å²) in [7, 11) is 0. The summed E-state index contributed by atoms with van der Waals surface area (Å²) < 4.78 is 0. The summed E-state index contributed by atoms with van der Waals surface area (Å²) in [5.74, 6) is 0. The van der Waals surface area contributed by atoms with E-state index in [-0.39, 0.29) is 0 Å². The van der Waals surface area contributed by atoms with Crippen molar-refractivity contribution in [1.82, 2.24) is 20.4 Å². The summed E-state index contributed by atoms with van der Waals surface area (Å²) in [4.78, 5) is 5.20. The van der Waals surface area contributed by atoms with E-state index in [1.54, 1.807) is 0 Å². The maximum Gasteiger partial charge on any atom is 0.0905 e. The van der Waals surface area contributed by atoms with Crippen LogP contribution < -0.4 is 10.6 Å². The molecule has 2 atom stereocenters. The van der Waals surface area contributed by atoms with Crippen molar-refractivity contribution >= 4 is 0 Å². The van der Waals surface area contributed by atoms with Gasteiger partial charge < -0.3 is 0 Å². The molecule has 0 aliphatic carbocycles. The zero-order valence-corrected chi connectivity index (χ0v) is 11.6. The summed E-state index contributed by atoms with van der Waals surface area (Å²) >= 11 is 0. The van der Waals surface area contributed by atoms with Gasteiger partial charge in [0.25, 0.3) is 0 Å². The molecule has 0 saturated carbocycles. The van der Waals surface area contributed by atoms with E-state index in [1.165, 1.54) is 13.1 Å². The van der Waals surface area contributed by atoms with Gasteiger partial charge in [-0.15, -0.1) is 0 Å². The Hall–Kier alpha value is -0.160. The predicted molar refractivity (Wildman–Crippen MR) is 69.4 cm³/mol. The van der Waals surface area contributed by atoms with Crippen molar-refractivity contribution in [3.05, 3.63) is 0 Å². The summed E-state index contributed by atoms with van der Waals surface area (Å²) in [6.45, 7) is 15.2. The van der Waals surface area contributed by atoms with Crippen LogP contribution in [0.5, 0.6) is 0 Å². The van der Waals surface area contributed by atoms with Gasteiger partial charge in [-0.2, -0.15) is 0 Å². The molecular formula is C13H26N4. The number of rotatable bonds is 0. The first-order valence-electron chi connectivity index (χ1n) is 6.81. The van der Waals surface area contributed by atoms with E-state index in [1.807, 2.05) is 0 Å². The maximum absolute atomic E-state index is 3.72. The van der Waals surface area contributed by atoms with Crippen LogP contribution in [-0.4, -0.2) is 55.0 Å². The van der Waals surface area contributed by atoms with Gasteiger partial charge in [-0.1, -0.05) is 27.7 Å². The van der Waals surface area contributed by atoms with Gasteiger partial charge >= 0.3 is 0 Å². The quantitative estimate of drug-likeness (QED) is 0.642. The Bertz CT molecular complexity index is 283. The third-order valence-electron chi connectivity index (χ3n) is 4.29. The van der Waals surface area contributed by atoms with Crippen LogP contribution in [-0.2, 0) is 0 Å². The molecule has 3 fully saturated rings. The van der Waals surface area contributed by atoms with E-state index < -0.39 is 0 Å². The highest BCUT2D eigenvalue weighted by Gasteiger charge is 2.48. The van der Waals surface area contributed by atoms with Crippen molar-refractivity contribution < 1.29 is 0 Å². The van der Waals surface area contributed by atoms with E-state index in [4.69, 9.17) is 0 Å². The monoisotopic (exact) mass is 238 g/mol. The van der Waals surface area contributed by atoms with Gasteiger partial charge in [0, 0.05) is 26.2 Å². The molecule has 3 saturated heterocycles. The maximum atomic E-state index is 3.72. The molecule has 2 N–H and O–H groups in total. The van der Waals surface area contributed by atoms with Gasteiger partial charge in [-0.25, -0.2) is 0 Å². The standard InChI is InChI=1S/C13H26N4/c1-12(2)5-14-10-11-15-6-13(3,4)8-17(11)9-16(10)7-12/h10-11,14-15H,5-9H2,1-4H3/t10-,11-/m1/s1. The van der Waals surface area contributed by atoms with Gasteiger partial charge in [-0.3, -0.25) is 20.4 Å². The minimum Gasteiger partial charge on any atom is -0.299 e. The number of nitrogens with one attached hydrogen (secondary N) is 2. The summed E-state index contributed by atoms with van der Waals surface area (Å²) in [6, 6.07) is 0. The lowest BCUT2D eigenvalue weighted by Gasteiger charge is -2.44. The second kappa shape index (κ2) is 3.67. The second-order valence-electron chi connectivity index (χ2n) is 7.62. The molecule has 4 heteroatoms. The van der Waals surface area contributed by atoms with E-state index in [9.17, 15) is 0 Å². The van der Waals surface area contributed by atoms with Gasteiger partial charge in [0.2, 0.25) is 0 Å². The molecule has 0 aromatic rings. The molecule has 98 valence electrons. The van der Waals surface area contributed by atoms with Crippen LogP contribution in [0.25, 0.3) is 0 Å². The topological polar surface area (TPSA) is 30.5 Å². The molecule has 0 spiro atoms. The predicted octanol–water partition coefficient (Wildman–Crippen LogP) is 0.473. The first kappa shape index (κ1) is 11.9. The van der Waals surface area contributed by atoms with Crippen LogP contribution in [0.1, 0.15) is 27.7 Å². The van der Waals surface area contributed by atoms with Crippen LogP contribution in [0.4, 0.5) is 0 Å². The lowest BCUT2D eigenvalue weighted by molar-refractivity contribution is 0.0686. The highest BCUT2D eigenvalue weighted by Crippen LogP contribution is 2.32. The number of nitrogens with zero attached hydrogens (tertiary/aromatic N) is 2. The normalized spacial score (nSPS) is 40.9. The second-order valence-corrected chi connectivity index (χ2v) is 7.62. The minimum atomic E-state index is 0.403. The number of fused-ring (bicyclic) bond motifs is 3. The van der Waals surface area contributed by atoms with Crippen LogP contribution in [0.2, 0.25) is 0 Å². The Kier molecular flexibility index (Phi) is 2.57. The van der Waals surface area contributed by atoms with Crippen LogP contribution in [0, 0.1) is 10.8 Å². The first-order chi connectivity index (χ1) is 7.86. The fourth-order valence-corrected chi connectivity index (χ4v) is 3.56. The van der Waals surface area contributed by atoms with Crippen LogP contribution >= 0.6 is 0 Å². The fourth-order valence-electron chi connectivity index (χ4n) is 3.56. The zero-order chi connectivity index (χ0) is 12.3. The average molecular weight is 238 g/mol. The highest BCUT2D eigenvalue weighted by atomic mass is 15.5. The zero-order valence-electron chi connectivity index (χ0n) is 11.6. The van der Waals surface area contributed by atoms with E-state index in [0.29, 0.717) is 23.2 Å². The van der Waals surface area contributed by atoms with E-state index in [2.05, 4.69) is 48.1 Å². The summed E-state index contributed by atoms with van der Waals surface area (Å²) in [5, 5.41) is 7.44. The third-order valence-corrected chi connectivity index (χ3v) is 4.29. The van der Waals surface area contributed by atoms with E-state index in [0.717, 1.165) is 19.8 Å². The SMILES string of the molecule is CC1(C)CN[C@H]2[C@@H]3NCC(C)(C)CN3CN2C1. The van der Waals surface area contributed by atoms with Crippen molar-refractivity contribution in [2.45, 2.75) is 40.0 Å². The lowest BCUT2D eigenvalue weighted by Crippen LogP contribution is -2.64. The molecule has 3 heterocycles.